The fourth-order valence-corrected chi connectivity index (χ4v) is 4.55. The molecule has 2 aromatic heterocycles. The maximum absolute atomic E-state index is 13.1. The molecule has 0 fully saturated rings. The molecular formula is C25H19N3O4S. The van der Waals surface area contributed by atoms with E-state index in [4.69, 9.17) is 9.47 Å². The summed E-state index contributed by atoms with van der Waals surface area (Å²) < 4.78 is 13.4. The number of methoxy groups -OCH3 is 1. The third kappa shape index (κ3) is 4.04. The van der Waals surface area contributed by atoms with E-state index in [2.05, 4.69) is 10.3 Å². The largest absolute Gasteiger partial charge is 0.493 e. The second-order valence-electron chi connectivity index (χ2n) is 7.22. The SMILES string of the molecule is COc1cccc(C=c2sc3nc4ccccc4n3c2=O)c1OCC(=O)Nc1ccccc1. The molecular weight excluding hydrogens is 438 g/mol. The van der Waals surface area contributed by atoms with Gasteiger partial charge in [0, 0.05) is 11.3 Å². The van der Waals surface area contributed by atoms with Crippen LogP contribution in [0.1, 0.15) is 5.56 Å². The van der Waals surface area contributed by atoms with Crippen molar-refractivity contribution in [3.05, 3.63) is 93.2 Å². The van der Waals surface area contributed by atoms with Gasteiger partial charge < -0.3 is 14.8 Å². The minimum Gasteiger partial charge on any atom is -0.493 e. The lowest BCUT2D eigenvalue weighted by molar-refractivity contribution is -0.118. The Labute approximate surface area is 192 Å². The van der Waals surface area contributed by atoms with Crippen molar-refractivity contribution in [2.45, 2.75) is 0 Å². The quantitative estimate of drug-likeness (QED) is 0.422. The van der Waals surface area contributed by atoms with Gasteiger partial charge in [0.25, 0.3) is 11.5 Å². The smallest absolute Gasteiger partial charge is 0.274 e. The van der Waals surface area contributed by atoms with Crippen LogP contribution in [0, 0.1) is 0 Å². The number of para-hydroxylation sites is 4. The van der Waals surface area contributed by atoms with Gasteiger partial charge >= 0.3 is 0 Å². The molecule has 2 heterocycles. The van der Waals surface area contributed by atoms with E-state index in [9.17, 15) is 9.59 Å². The maximum atomic E-state index is 13.1. The number of amides is 1. The zero-order chi connectivity index (χ0) is 22.8. The molecule has 3 aromatic carbocycles. The number of imidazole rings is 1. The summed E-state index contributed by atoms with van der Waals surface area (Å²) in [5.74, 6) is 0.553. The van der Waals surface area contributed by atoms with Crippen molar-refractivity contribution in [1.82, 2.24) is 9.38 Å². The highest BCUT2D eigenvalue weighted by Crippen LogP contribution is 2.31. The lowest BCUT2D eigenvalue weighted by atomic mass is 10.1. The Kier molecular flexibility index (Phi) is 5.50. The molecule has 0 aliphatic carbocycles. The molecule has 0 aliphatic heterocycles. The van der Waals surface area contributed by atoms with Gasteiger partial charge in [-0.05, 0) is 36.4 Å². The number of thiazole rings is 1. The van der Waals surface area contributed by atoms with Crippen molar-refractivity contribution in [3.63, 3.8) is 0 Å². The van der Waals surface area contributed by atoms with Gasteiger partial charge in [-0.15, -0.1) is 0 Å². The summed E-state index contributed by atoms with van der Waals surface area (Å²) >= 11 is 1.30. The molecule has 0 saturated heterocycles. The number of rotatable bonds is 6. The number of fused-ring (bicyclic) bond motifs is 3. The average molecular weight is 458 g/mol. The fourth-order valence-electron chi connectivity index (χ4n) is 3.57. The van der Waals surface area contributed by atoms with E-state index in [1.807, 2.05) is 48.5 Å². The van der Waals surface area contributed by atoms with E-state index >= 15 is 0 Å². The zero-order valence-electron chi connectivity index (χ0n) is 17.6. The van der Waals surface area contributed by atoms with Gasteiger partial charge in [0.05, 0.1) is 22.7 Å². The summed E-state index contributed by atoms with van der Waals surface area (Å²) in [5.41, 5.74) is 2.71. The van der Waals surface area contributed by atoms with Crippen molar-refractivity contribution in [1.29, 1.82) is 0 Å². The number of hydrogen-bond donors (Lipinski definition) is 1. The molecule has 0 bridgehead atoms. The summed E-state index contributed by atoms with van der Waals surface area (Å²) in [4.78, 5) is 30.7. The van der Waals surface area contributed by atoms with E-state index < -0.39 is 0 Å². The number of aromatic nitrogens is 2. The first-order chi connectivity index (χ1) is 16.1. The Morgan fingerprint density at radius 2 is 1.85 bits per heavy atom. The lowest BCUT2D eigenvalue weighted by Gasteiger charge is -2.13. The molecule has 164 valence electrons. The van der Waals surface area contributed by atoms with Crippen LogP contribution < -0.4 is 24.9 Å². The Morgan fingerprint density at radius 1 is 1.06 bits per heavy atom. The number of hydrogen-bond acceptors (Lipinski definition) is 6. The highest BCUT2D eigenvalue weighted by atomic mass is 32.1. The number of nitrogens with one attached hydrogen (secondary N) is 1. The third-order valence-electron chi connectivity index (χ3n) is 5.07. The summed E-state index contributed by atoms with van der Waals surface area (Å²) in [6.07, 6.45) is 1.74. The van der Waals surface area contributed by atoms with Crippen LogP contribution in [0.3, 0.4) is 0 Å². The van der Waals surface area contributed by atoms with Crippen LogP contribution in [-0.4, -0.2) is 29.0 Å². The van der Waals surface area contributed by atoms with Gasteiger partial charge in [-0.25, -0.2) is 9.38 Å². The normalized spacial score (nSPS) is 11.7. The van der Waals surface area contributed by atoms with Crippen molar-refractivity contribution >= 4 is 45.0 Å². The summed E-state index contributed by atoms with van der Waals surface area (Å²) in [7, 11) is 1.53. The number of nitrogens with zero attached hydrogens (tertiary/aromatic N) is 2. The molecule has 8 heteroatoms. The predicted molar refractivity (Wildman–Crippen MR) is 129 cm³/mol. The van der Waals surface area contributed by atoms with Gasteiger partial charge in [-0.3, -0.25) is 9.59 Å². The van der Waals surface area contributed by atoms with Crippen LogP contribution in [0.25, 0.3) is 22.1 Å². The van der Waals surface area contributed by atoms with E-state index in [-0.39, 0.29) is 18.1 Å². The second kappa shape index (κ2) is 8.76. The first-order valence-electron chi connectivity index (χ1n) is 10.2. The molecule has 0 saturated carbocycles. The first-order valence-corrected chi connectivity index (χ1v) is 11.0. The monoisotopic (exact) mass is 457 g/mol. The molecule has 33 heavy (non-hydrogen) atoms. The minimum atomic E-state index is -0.302. The molecule has 7 nitrogen and oxygen atoms in total. The van der Waals surface area contributed by atoms with Gasteiger partial charge in [-0.2, -0.15) is 0 Å². The molecule has 5 aromatic rings. The van der Waals surface area contributed by atoms with Crippen molar-refractivity contribution in [2.24, 2.45) is 0 Å². The highest BCUT2D eigenvalue weighted by molar-refractivity contribution is 7.15. The molecule has 5 rings (SSSR count). The Hall–Kier alpha value is -4.17. The number of carbonyl (C=O) groups is 1. The van der Waals surface area contributed by atoms with Gasteiger partial charge in [-0.1, -0.05) is 53.8 Å². The number of benzene rings is 3. The molecule has 0 aliphatic rings. The van der Waals surface area contributed by atoms with Crippen molar-refractivity contribution < 1.29 is 14.3 Å². The van der Waals surface area contributed by atoms with Crippen LogP contribution in [0.4, 0.5) is 5.69 Å². The standard InChI is InChI=1S/C25H19N3O4S/c1-31-20-13-7-8-16(23(20)32-15-22(29)26-17-9-3-2-4-10-17)14-21-24(30)28-19-12-6-5-11-18(19)27-25(28)33-21/h2-14H,15H2,1H3,(H,26,29). The molecule has 1 N–H and O–H groups in total. The van der Waals surface area contributed by atoms with Gasteiger partial charge in [0.2, 0.25) is 0 Å². The second-order valence-corrected chi connectivity index (χ2v) is 8.22. The molecule has 1 amide bonds. The van der Waals surface area contributed by atoms with Crippen LogP contribution in [0.2, 0.25) is 0 Å². The maximum Gasteiger partial charge on any atom is 0.274 e. The van der Waals surface area contributed by atoms with Crippen LogP contribution in [0.5, 0.6) is 11.5 Å². The van der Waals surface area contributed by atoms with E-state index in [0.29, 0.717) is 32.2 Å². The Balaban J connectivity index is 1.49. The molecule has 0 spiro atoms. The summed E-state index contributed by atoms with van der Waals surface area (Å²) in [5, 5.41) is 2.78. The third-order valence-corrected chi connectivity index (χ3v) is 6.03. The van der Waals surface area contributed by atoms with Crippen molar-refractivity contribution in [3.8, 4) is 11.5 Å². The topological polar surface area (TPSA) is 81.9 Å². The van der Waals surface area contributed by atoms with Crippen LogP contribution >= 0.6 is 11.3 Å². The highest BCUT2D eigenvalue weighted by Gasteiger charge is 2.14. The van der Waals surface area contributed by atoms with Crippen LogP contribution in [0.15, 0.2) is 77.6 Å². The molecule has 0 unspecified atom stereocenters. The zero-order valence-corrected chi connectivity index (χ0v) is 18.5. The number of carbonyl (C=O) groups excluding carboxylic acids is 1. The molecule has 0 atom stereocenters. The Morgan fingerprint density at radius 3 is 2.67 bits per heavy atom. The van der Waals surface area contributed by atoms with Crippen molar-refractivity contribution in [2.75, 3.05) is 19.0 Å². The lowest BCUT2D eigenvalue weighted by Crippen LogP contribution is -2.23. The van der Waals surface area contributed by atoms with E-state index in [1.165, 1.54) is 18.4 Å². The summed E-state index contributed by atoms with van der Waals surface area (Å²) in [6.45, 7) is -0.210. The number of anilines is 1. The average Bonchev–Trinajstić information content (AvgIpc) is 3.34. The summed E-state index contributed by atoms with van der Waals surface area (Å²) in [6, 6.07) is 22.0. The Bertz CT molecular complexity index is 1570. The first kappa shape index (κ1) is 20.7. The van der Waals surface area contributed by atoms with Gasteiger partial charge in [0.15, 0.2) is 23.1 Å². The molecule has 0 radical (unpaired) electrons. The minimum absolute atomic E-state index is 0.153. The van der Waals surface area contributed by atoms with Crippen LogP contribution in [-0.2, 0) is 4.79 Å². The van der Waals surface area contributed by atoms with E-state index in [0.717, 1.165) is 11.0 Å². The number of ether oxygens (including phenoxy) is 2. The van der Waals surface area contributed by atoms with E-state index in [1.54, 1.807) is 34.7 Å². The van der Waals surface area contributed by atoms with Gasteiger partial charge in [0.1, 0.15) is 0 Å². The fraction of sp³-hybridized carbons (Fsp3) is 0.0800. The predicted octanol–water partition coefficient (Wildman–Crippen LogP) is 3.48.